The molecule has 0 saturated carbocycles. The number of benzene rings is 2. The predicted molar refractivity (Wildman–Crippen MR) is 127 cm³/mol. The highest BCUT2D eigenvalue weighted by Gasteiger charge is 2.30. The molecule has 1 aliphatic rings. The standard InChI is InChI=1S/C26H29FN4O2/c1-30(2)26-28-16-23(19-7-11-22(33-3)12-8-19)25(29-26)20-14-15-31(17-20)24(32)13-6-18-4-9-21(27)10-5-18/h4-5,7-12,16,20H,6,13-15,17H2,1-3H3/t20-/m0/s1. The first-order valence-corrected chi connectivity index (χ1v) is 11.2. The van der Waals surface area contributed by atoms with E-state index in [0.717, 1.165) is 34.6 Å². The number of hydrogen-bond acceptors (Lipinski definition) is 5. The summed E-state index contributed by atoms with van der Waals surface area (Å²) in [4.78, 5) is 26.1. The van der Waals surface area contributed by atoms with Crippen molar-refractivity contribution in [3.05, 3.63) is 71.8 Å². The van der Waals surface area contributed by atoms with Crippen molar-refractivity contribution in [2.75, 3.05) is 39.2 Å². The molecular formula is C26H29FN4O2. The summed E-state index contributed by atoms with van der Waals surface area (Å²) in [6, 6.07) is 14.2. The number of hydrogen-bond donors (Lipinski definition) is 0. The number of carbonyl (C=O) groups excluding carboxylic acids is 1. The van der Waals surface area contributed by atoms with E-state index in [1.165, 1.54) is 12.1 Å². The summed E-state index contributed by atoms with van der Waals surface area (Å²) < 4.78 is 18.4. The maximum atomic E-state index is 13.1. The van der Waals surface area contributed by atoms with Crippen LogP contribution in [0.15, 0.2) is 54.7 Å². The van der Waals surface area contributed by atoms with Crippen molar-refractivity contribution >= 4 is 11.9 Å². The van der Waals surface area contributed by atoms with E-state index in [2.05, 4.69) is 4.98 Å². The highest BCUT2D eigenvalue weighted by Crippen LogP contribution is 2.35. The number of methoxy groups -OCH3 is 1. The van der Waals surface area contributed by atoms with Crippen molar-refractivity contribution in [1.82, 2.24) is 14.9 Å². The molecule has 1 aliphatic heterocycles. The highest BCUT2D eigenvalue weighted by molar-refractivity contribution is 5.77. The summed E-state index contributed by atoms with van der Waals surface area (Å²) in [6.07, 6.45) is 3.75. The molecule has 1 saturated heterocycles. The molecular weight excluding hydrogens is 419 g/mol. The van der Waals surface area contributed by atoms with Crippen LogP contribution in [0.4, 0.5) is 10.3 Å². The number of nitrogens with zero attached hydrogens (tertiary/aromatic N) is 4. The second-order valence-corrected chi connectivity index (χ2v) is 8.54. The van der Waals surface area contributed by atoms with Gasteiger partial charge in [0.25, 0.3) is 0 Å². The summed E-state index contributed by atoms with van der Waals surface area (Å²) in [5, 5.41) is 0. The molecule has 0 spiro atoms. The van der Waals surface area contributed by atoms with Crippen LogP contribution in [0.3, 0.4) is 0 Å². The lowest BCUT2D eigenvalue weighted by Crippen LogP contribution is -2.28. The first kappa shape index (κ1) is 22.7. The third-order valence-corrected chi connectivity index (χ3v) is 6.08. The van der Waals surface area contributed by atoms with Gasteiger partial charge in [-0.3, -0.25) is 4.79 Å². The van der Waals surface area contributed by atoms with Gasteiger partial charge in [-0.15, -0.1) is 0 Å². The fraction of sp³-hybridized carbons (Fsp3) is 0.346. The largest absolute Gasteiger partial charge is 0.497 e. The molecule has 6 nitrogen and oxygen atoms in total. The number of halogens is 1. The number of anilines is 1. The zero-order valence-electron chi connectivity index (χ0n) is 19.3. The molecule has 0 aliphatic carbocycles. The maximum Gasteiger partial charge on any atom is 0.225 e. The number of likely N-dealkylation sites (tertiary alicyclic amines) is 1. The molecule has 172 valence electrons. The van der Waals surface area contributed by atoms with Crippen LogP contribution in [-0.4, -0.2) is 55.1 Å². The minimum absolute atomic E-state index is 0.120. The molecule has 2 aromatic carbocycles. The van der Waals surface area contributed by atoms with Crippen LogP contribution >= 0.6 is 0 Å². The Morgan fingerprint density at radius 2 is 1.88 bits per heavy atom. The molecule has 2 heterocycles. The van der Waals surface area contributed by atoms with Crippen LogP contribution in [0.5, 0.6) is 5.75 Å². The monoisotopic (exact) mass is 448 g/mol. The van der Waals surface area contributed by atoms with Crippen molar-refractivity contribution in [2.45, 2.75) is 25.2 Å². The fourth-order valence-corrected chi connectivity index (χ4v) is 4.18. The molecule has 1 atom stereocenters. The van der Waals surface area contributed by atoms with Crippen LogP contribution < -0.4 is 9.64 Å². The smallest absolute Gasteiger partial charge is 0.225 e. The Morgan fingerprint density at radius 1 is 1.15 bits per heavy atom. The third-order valence-electron chi connectivity index (χ3n) is 6.08. The SMILES string of the molecule is COc1ccc(-c2cnc(N(C)C)nc2[C@H]2CCN(C(=O)CCc3ccc(F)cc3)C2)cc1. The molecule has 1 amide bonds. The Hall–Kier alpha value is -3.48. The Bertz CT molecular complexity index is 1100. The third kappa shape index (κ3) is 5.30. The van der Waals surface area contributed by atoms with Gasteiger partial charge in [0.15, 0.2) is 0 Å². The first-order chi connectivity index (χ1) is 15.9. The van der Waals surface area contributed by atoms with Crippen molar-refractivity contribution < 1.29 is 13.9 Å². The van der Waals surface area contributed by atoms with Gasteiger partial charge in [-0.25, -0.2) is 14.4 Å². The highest BCUT2D eigenvalue weighted by atomic mass is 19.1. The number of carbonyl (C=O) groups is 1. The average molecular weight is 449 g/mol. The molecule has 0 unspecified atom stereocenters. The van der Waals surface area contributed by atoms with Gasteiger partial charge in [-0.05, 0) is 48.2 Å². The molecule has 0 radical (unpaired) electrons. The van der Waals surface area contributed by atoms with Crippen molar-refractivity contribution in [2.24, 2.45) is 0 Å². The lowest BCUT2D eigenvalue weighted by Gasteiger charge is -2.20. The fourth-order valence-electron chi connectivity index (χ4n) is 4.18. The number of rotatable bonds is 7. The van der Waals surface area contributed by atoms with Gasteiger partial charge in [0.2, 0.25) is 11.9 Å². The zero-order valence-corrected chi connectivity index (χ0v) is 19.3. The Balaban J connectivity index is 1.51. The van der Waals surface area contributed by atoms with E-state index in [0.29, 0.717) is 31.9 Å². The number of aryl methyl sites for hydroxylation is 1. The number of aromatic nitrogens is 2. The number of ether oxygens (including phenoxy) is 1. The van der Waals surface area contributed by atoms with E-state index >= 15 is 0 Å². The topological polar surface area (TPSA) is 58.6 Å². The normalized spacial score (nSPS) is 15.5. The van der Waals surface area contributed by atoms with Gasteiger partial charge in [0.1, 0.15) is 11.6 Å². The second kappa shape index (κ2) is 9.98. The maximum absolute atomic E-state index is 13.1. The van der Waals surface area contributed by atoms with E-state index < -0.39 is 0 Å². The average Bonchev–Trinajstić information content (AvgIpc) is 3.33. The molecule has 0 N–H and O–H groups in total. The van der Waals surface area contributed by atoms with E-state index in [4.69, 9.17) is 9.72 Å². The Kier molecular flexibility index (Phi) is 6.87. The summed E-state index contributed by atoms with van der Waals surface area (Å²) in [5.41, 5.74) is 3.94. The van der Waals surface area contributed by atoms with E-state index in [9.17, 15) is 9.18 Å². The van der Waals surface area contributed by atoms with E-state index in [-0.39, 0.29) is 17.6 Å². The summed E-state index contributed by atoms with van der Waals surface area (Å²) in [5.74, 6) is 1.45. The van der Waals surface area contributed by atoms with Crippen molar-refractivity contribution in [3.8, 4) is 16.9 Å². The predicted octanol–water partition coefficient (Wildman–Crippen LogP) is 4.31. The summed E-state index contributed by atoms with van der Waals surface area (Å²) in [6.45, 7) is 1.34. The zero-order chi connectivity index (χ0) is 23.4. The molecule has 1 fully saturated rings. The van der Waals surface area contributed by atoms with Crippen LogP contribution in [0.2, 0.25) is 0 Å². The van der Waals surface area contributed by atoms with Crippen LogP contribution in [0.1, 0.15) is 30.0 Å². The van der Waals surface area contributed by atoms with Crippen molar-refractivity contribution in [1.29, 1.82) is 0 Å². The molecule has 7 heteroatoms. The number of amides is 1. The van der Waals surface area contributed by atoms with Crippen LogP contribution in [0, 0.1) is 5.82 Å². The molecule has 0 bridgehead atoms. The minimum atomic E-state index is -0.262. The lowest BCUT2D eigenvalue weighted by atomic mass is 9.96. The first-order valence-electron chi connectivity index (χ1n) is 11.2. The molecule has 4 rings (SSSR count). The van der Waals surface area contributed by atoms with E-state index in [1.54, 1.807) is 19.2 Å². The molecule has 1 aromatic heterocycles. The van der Waals surface area contributed by atoms with Gasteiger partial charge in [-0.1, -0.05) is 24.3 Å². The van der Waals surface area contributed by atoms with E-state index in [1.807, 2.05) is 54.4 Å². The Labute approximate surface area is 194 Å². The van der Waals surface area contributed by atoms with Crippen LogP contribution in [0.25, 0.3) is 11.1 Å². The summed E-state index contributed by atoms with van der Waals surface area (Å²) in [7, 11) is 5.49. The lowest BCUT2D eigenvalue weighted by molar-refractivity contribution is -0.130. The quantitative estimate of drug-likeness (QED) is 0.539. The van der Waals surface area contributed by atoms with Gasteiger partial charge < -0.3 is 14.5 Å². The van der Waals surface area contributed by atoms with Gasteiger partial charge >= 0.3 is 0 Å². The van der Waals surface area contributed by atoms with Gasteiger partial charge in [-0.2, -0.15) is 0 Å². The molecule has 3 aromatic rings. The second-order valence-electron chi connectivity index (χ2n) is 8.54. The Morgan fingerprint density at radius 3 is 2.55 bits per heavy atom. The molecule has 33 heavy (non-hydrogen) atoms. The van der Waals surface area contributed by atoms with Crippen molar-refractivity contribution in [3.63, 3.8) is 0 Å². The van der Waals surface area contributed by atoms with Gasteiger partial charge in [0, 0.05) is 51.3 Å². The summed E-state index contributed by atoms with van der Waals surface area (Å²) >= 11 is 0. The van der Waals surface area contributed by atoms with Gasteiger partial charge in [0.05, 0.1) is 12.8 Å². The van der Waals surface area contributed by atoms with Crippen LogP contribution in [-0.2, 0) is 11.2 Å². The minimum Gasteiger partial charge on any atom is -0.497 e.